The van der Waals surface area contributed by atoms with Crippen molar-refractivity contribution in [3.63, 3.8) is 0 Å². The maximum atomic E-state index is 12.5. The maximum Gasteiger partial charge on any atom is 0.289 e. The Morgan fingerprint density at radius 3 is 3.05 bits per heavy atom. The lowest BCUT2D eigenvalue weighted by Gasteiger charge is -2.14. The molecule has 0 radical (unpaired) electrons. The van der Waals surface area contributed by atoms with E-state index in [2.05, 4.69) is 0 Å². The van der Waals surface area contributed by atoms with Gasteiger partial charge in [0.25, 0.3) is 5.91 Å². The number of carbonyl (C=O) groups is 1. The monoisotopic (exact) mass is 293 g/mol. The Hall–Kier alpha value is -1.52. The Morgan fingerprint density at radius 1 is 1.55 bits per heavy atom. The van der Waals surface area contributed by atoms with E-state index in [0.717, 1.165) is 17.4 Å². The summed E-state index contributed by atoms with van der Waals surface area (Å²) in [5.74, 6) is 0.449. The van der Waals surface area contributed by atoms with Crippen molar-refractivity contribution < 1.29 is 14.3 Å². The Morgan fingerprint density at radius 2 is 2.35 bits per heavy atom. The number of hydrogen-bond acceptors (Lipinski definition) is 3. The van der Waals surface area contributed by atoms with Crippen LogP contribution < -0.4 is 0 Å². The number of furan rings is 1. The molecule has 4 nitrogen and oxygen atoms in total. The molecule has 0 saturated carbocycles. The molecular formula is C15H16ClNO3. The SMILES string of the molecule is Cc1c(C(=O)N2CCC(CO)C2)oc2ccc(Cl)cc12. The summed E-state index contributed by atoms with van der Waals surface area (Å²) in [6.45, 7) is 3.25. The highest BCUT2D eigenvalue weighted by molar-refractivity contribution is 6.31. The van der Waals surface area contributed by atoms with Crippen LogP contribution in [-0.2, 0) is 0 Å². The fraction of sp³-hybridized carbons (Fsp3) is 0.400. The van der Waals surface area contributed by atoms with Crippen molar-refractivity contribution in [1.82, 2.24) is 4.90 Å². The average molecular weight is 294 g/mol. The van der Waals surface area contributed by atoms with Gasteiger partial charge in [0.05, 0.1) is 0 Å². The molecule has 1 N–H and O–H groups in total. The first-order chi connectivity index (χ1) is 9.60. The van der Waals surface area contributed by atoms with E-state index in [9.17, 15) is 4.79 Å². The molecule has 1 aliphatic heterocycles. The standard InChI is InChI=1S/C15H16ClNO3/c1-9-12-6-11(16)2-3-13(12)20-14(9)15(19)17-5-4-10(7-17)8-18/h2-3,6,10,18H,4-5,7-8H2,1H3. The van der Waals surface area contributed by atoms with Crippen molar-refractivity contribution in [2.24, 2.45) is 5.92 Å². The third-order valence-electron chi connectivity index (χ3n) is 3.92. The van der Waals surface area contributed by atoms with Crippen molar-refractivity contribution in [2.75, 3.05) is 19.7 Å². The van der Waals surface area contributed by atoms with Gasteiger partial charge in [0.1, 0.15) is 5.58 Å². The Bertz CT molecular complexity index is 664. The number of carbonyl (C=O) groups excluding carboxylic acids is 1. The minimum Gasteiger partial charge on any atom is -0.451 e. The van der Waals surface area contributed by atoms with Crippen LogP contribution in [0.2, 0.25) is 5.02 Å². The Balaban J connectivity index is 1.94. The molecule has 1 aliphatic rings. The molecule has 0 aliphatic carbocycles. The molecule has 20 heavy (non-hydrogen) atoms. The van der Waals surface area contributed by atoms with Crippen molar-refractivity contribution in [3.05, 3.63) is 34.5 Å². The average Bonchev–Trinajstić information content (AvgIpc) is 3.04. The minimum absolute atomic E-state index is 0.106. The van der Waals surface area contributed by atoms with Crippen molar-refractivity contribution in [2.45, 2.75) is 13.3 Å². The van der Waals surface area contributed by atoms with E-state index < -0.39 is 0 Å². The molecule has 2 heterocycles. The number of likely N-dealkylation sites (tertiary alicyclic amines) is 1. The van der Waals surface area contributed by atoms with Gasteiger partial charge < -0.3 is 14.4 Å². The summed E-state index contributed by atoms with van der Waals surface area (Å²) < 4.78 is 5.68. The molecule has 2 aromatic rings. The van der Waals surface area contributed by atoms with Crippen LogP contribution in [0.15, 0.2) is 22.6 Å². The quantitative estimate of drug-likeness (QED) is 0.926. The van der Waals surface area contributed by atoms with Gasteiger partial charge in [0.15, 0.2) is 5.76 Å². The van der Waals surface area contributed by atoms with Crippen LogP contribution in [0.3, 0.4) is 0 Å². The van der Waals surface area contributed by atoms with Gasteiger partial charge >= 0.3 is 0 Å². The van der Waals surface area contributed by atoms with Gasteiger partial charge in [-0.3, -0.25) is 4.79 Å². The summed E-state index contributed by atoms with van der Waals surface area (Å²) in [6, 6.07) is 5.34. The first-order valence-corrected chi connectivity index (χ1v) is 7.06. The molecular weight excluding hydrogens is 278 g/mol. The largest absolute Gasteiger partial charge is 0.451 e. The second kappa shape index (κ2) is 5.11. The predicted molar refractivity (Wildman–Crippen MR) is 77.1 cm³/mol. The summed E-state index contributed by atoms with van der Waals surface area (Å²) in [7, 11) is 0. The smallest absolute Gasteiger partial charge is 0.289 e. The van der Waals surface area contributed by atoms with Crippen LogP contribution in [0.5, 0.6) is 0 Å². The number of amides is 1. The normalized spacial score (nSPS) is 18.9. The van der Waals surface area contributed by atoms with Crippen LogP contribution in [0, 0.1) is 12.8 Å². The Labute approximate surface area is 121 Å². The molecule has 0 bridgehead atoms. The van der Waals surface area contributed by atoms with Gasteiger partial charge in [0.2, 0.25) is 0 Å². The molecule has 1 fully saturated rings. The molecule has 5 heteroatoms. The zero-order valence-electron chi connectivity index (χ0n) is 11.2. The van der Waals surface area contributed by atoms with Crippen molar-refractivity contribution in [3.8, 4) is 0 Å². The number of aryl methyl sites for hydroxylation is 1. The highest BCUT2D eigenvalue weighted by Crippen LogP contribution is 2.29. The van der Waals surface area contributed by atoms with E-state index in [1.807, 2.05) is 13.0 Å². The molecule has 3 rings (SSSR count). The van der Waals surface area contributed by atoms with E-state index in [1.165, 1.54) is 0 Å². The zero-order valence-corrected chi connectivity index (χ0v) is 12.0. The van der Waals surface area contributed by atoms with Gasteiger partial charge in [-0.15, -0.1) is 0 Å². The number of aliphatic hydroxyl groups excluding tert-OH is 1. The van der Waals surface area contributed by atoms with Gasteiger partial charge in [-0.25, -0.2) is 0 Å². The van der Waals surface area contributed by atoms with Crippen LogP contribution in [0.1, 0.15) is 22.5 Å². The third kappa shape index (κ3) is 2.19. The summed E-state index contributed by atoms with van der Waals surface area (Å²) in [4.78, 5) is 14.2. The van der Waals surface area contributed by atoms with Crippen LogP contribution in [-0.4, -0.2) is 35.6 Å². The van der Waals surface area contributed by atoms with Crippen LogP contribution in [0.4, 0.5) is 0 Å². The van der Waals surface area contributed by atoms with Crippen LogP contribution >= 0.6 is 11.6 Å². The number of halogens is 1. The Kier molecular flexibility index (Phi) is 3.44. The van der Waals surface area contributed by atoms with E-state index in [1.54, 1.807) is 17.0 Å². The van der Waals surface area contributed by atoms with E-state index in [-0.39, 0.29) is 18.4 Å². The fourth-order valence-electron chi connectivity index (χ4n) is 2.71. The molecule has 1 aromatic heterocycles. The molecule has 0 spiro atoms. The van der Waals surface area contributed by atoms with Gasteiger partial charge in [0, 0.05) is 41.6 Å². The summed E-state index contributed by atoms with van der Waals surface area (Å²) in [5, 5.41) is 10.7. The fourth-order valence-corrected chi connectivity index (χ4v) is 2.88. The van der Waals surface area contributed by atoms with Crippen molar-refractivity contribution in [1.29, 1.82) is 0 Å². The lowest BCUT2D eigenvalue weighted by molar-refractivity contribution is 0.0751. The lowest BCUT2D eigenvalue weighted by Crippen LogP contribution is -2.29. The number of rotatable bonds is 2. The number of hydrogen-bond donors (Lipinski definition) is 1. The van der Waals surface area contributed by atoms with Crippen molar-refractivity contribution >= 4 is 28.5 Å². The second-order valence-corrected chi connectivity index (χ2v) is 5.72. The summed E-state index contributed by atoms with van der Waals surface area (Å²) in [6.07, 6.45) is 0.841. The summed E-state index contributed by atoms with van der Waals surface area (Å²) >= 11 is 5.98. The minimum atomic E-state index is -0.106. The third-order valence-corrected chi connectivity index (χ3v) is 4.16. The number of fused-ring (bicyclic) bond motifs is 1. The molecule has 106 valence electrons. The lowest BCUT2D eigenvalue weighted by atomic mass is 10.1. The van der Waals surface area contributed by atoms with Crippen LogP contribution in [0.25, 0.3) is 11.0 Å². The second-order valence-electron chi connectivity index (χ2n) is 5.29. The molecule has 1 amide bonds. The zero-order chi connectivity index (χ0) is 14.3. The van der Waals surface area contributed by atoms with Gasteiger partial charge in [-0.1, -0.05) is 11.6 Å². The van der Waals surface area contributed by atoms with Gasteiger partial charge in [-0.2, -0.15) is 0 Å². The first-order valence-electron chi connectivity index (χ1n) is 6.69. The number of benzene rings is 1. The topological polar surface area (TPSA) is 53.7 Å². The predicted octanol–water partition coefficient (Wildman–Crippen LogP) is 2.85. The van der Waals surface area contributed by atoms with E-state index in [0.29, 0.717) is 29.5 Å². The highest BCUT2D eigenvalue weighted by atomic mass is 35.5. The van der Waals surface area contributed by atoms with E-state index >= 15 is 0 Å². The molecule has 1 aromatic carbocycles. The molecule has 1 unspecified atom stereocenters. The highest BCUT2D eigenvalue weighted by Gasteiger charge is 2.29. The maximum absolute atomic E-state index is 12.5. The summed E-state index contributed by atoms with van der Waals surface area (Å²) in [5.41, 5.74) is 1.49. The number of nitrogens with zero attached hydrogens (tertiary/aromatic N) is 1. The molecule has 1 saturated heterocycles. The molecule has 1 atom stereocenters. The first kappa shape index (κ1) is 13.5. The van der Waals surface area contributed by atoms with Gasteiger partial charge in [-0.05, 0) is 31.5 Å². The van der Waals surface area contributed by atoms with E-state index in [4.69, 9.17) is 21.1 Å². The number of aliphatic hydroxyl groups is 1.